The topological polar surface area (TPSA) is 71.3 Å². The fourth-order valence-corrected chi connectivity index (χ4v) is 6.42. The maximum absolute atomic E-state index is 14.1. The highest BCUT2D eigenvalue weighted by molar-refractivity contribution is 7.07. The first kappa shape index (κ1) is 25.0. The van der Waals surface area contributed by atoms with Crippen molar-refractivity contribution in [3.63, 3.8) is 0 Å². The van der Waals surface area contributed by atoms with Crippen LogP contribution >= 0.6 is 11.3 Å². The average Bonchev–Trinajstić information content (AvgIpc) is 3.29. The molecule has 0 spiro atoms. The van der Waals surface area contributed by atoms with E-state index in [4.69, 9.17) is 23.9 Å². The van der Waals surface area contributed by atoms with Crippen molar-refractivity contribution >= 4 is 23.1 Å². The van der Waals surface area contributed by atoms with E-state index in [1.807, 2.05) is 53.1 Å². The Morgan fingerprint density at radius 2 is 1.67 bits per heavy atom. The number of hydrogen-bond donors (Lipinski definition) is 0. The maximum atomic E-state index is 14.1. The van der Waals surface area contributed by atoms with Gasteiger partial charge in [0.05, 0.1) is 44.7 Å². The molecule has 39 heavy (non-hydrogen) atoms. The van der Waals surface area contributed by atoms with Gasteiger partial charge in [0.2, 0.25) is 0 Å². The zero-order valence-electron chi connectivity index (χ0n) is 22.2. The third-order valence-electron chi connectivity index (χ3n) is 7.32. The van der Waals surface area contributed by atoms with Crippen LogP contribution in [-0.2, 0) is 6.42 Å². The summed E-state index contributed by atoms with van der Waals surface area (Å²) in [4.78, 5) is 19.8. The van der Waals surface area contributed by atoms with E-state index in [2.05, 4.69) is 18.2 Å². The summed E-state index contributed by atoms with van der Waals surface area (Å²) in [6, 6.07) is 19.5. The van der Waals surface area contributed by atoms with Crippen molar-refractivity contribution in [1.82, 2.24) is 4.57 Å². The number of aromatic nitrogens is 1. The molecule has 2 aliphatic rings. The van der Waals surface area contributed by atoms with Crippen molar-refractivity contribution in [3.05, 3.63) is 108 Å². The lowest BCUT2D eigenvalue weighted by molar-refractivity contribution is 0.354. The van der Waals surface area contributed by atoms with Gasteiger partial charge in [-0.2, -0.15) is 0 Å². The summed E-state index contributed by atoms with van der Waals surface area (Å²) in [5.41, 5.74) is 6.12. The predicted octanol–water partition coefficient (Wildman–Crippen LogP) is 4.35. The molecule has 1 atom stereocenters. The minimum Gasteiger partial charge on any atom is -0.497 e. The van der Waals surface area contributed by atoms with E-state index in [1.165, 1.54) is 16.9 Å². The summed E-state index contributed by atoms with van der Waals surface area (Å²) in [6.45, 7) is 0. The second kappa shape index (κ2) is 10.1. The number of aryl methyl sites for hydroxylation is 1. The standard InChI is InChI=1S/C31H28N2O5S/c1-35-21-12-9-19(25(17-21)37-3)16-27-30(34)33-29(20-11-14-24(36-2)26(15-20)38-4)23-13-10-18-7-5-6-8-22(18)28(23)32-31(33)39-27/h5-9,11-12,14-17,29H,10,13H2,1-4H3. The van der Waals surface area contributed by atoms with Gasteiger partial charge in [-0.3, -0.25) is 9.36 Å². The number of nitrogens with zero attached hydrogens (tertiary/aromatic N) is 2. The van der Waals surface area contributed by atoms with E-state index >= 15 is 0 Å². The van der Waals surface area contributed by atoms with Gasteiger partial charge in [0, 0.05) is 17.2 Å². The van der Waals surface area contributed by atoms with Crippen LogP contribution in [-0.4, -0.2) is 33.0 Å². The largest absolute Gasteiger partial charge is 0.497 e. The minimum absolute atomic E-state index is 0.0955. The van der Waals surface area contributed by atoms with Gasteiger partial charge >= 0.3 is 0 Å². The van der Waals surface area contributed by atoms with Crippen molar-refractivity contribution < 1.29 is 18.9 Å². The molecule has 0 amide bonds. The monoisotopic (exact) mass is 540 g/mol. The van der Waals surface area contributed by atoms with Crippen LogP contribution in [0.2, 0.25) is 0 Å². The molecule has 6 rings (SSSR count). The highest BCUT2D eigenvalue weighted by Gasteiger charge is 2.33. The number of fused-ring (bicyclic) bond motifs is 3. The fraction of sp³-hybridized carbons (Fsp3) is 0.226. The van der Waals surface area contributed by atoms with Gasteiger partial charge in [0.15, 0.2) is 16.3 Å². The molecule has 4 aromatic rings. The summed E-state index contributed by atoms with van der Waals surface area (Å²) < 4.78 is 24.4. The zero-order chi connectivity index (χ0) is 27.1. The van der Waals surface area contributed by atoms with Gasteiger partial charge < -0.3 is 18.9 Å². The number of benzene rings is 3. The van der Waals surface area contributed by atoms with Crippen molar-refractivity contribution in [1.29, 1.82) is 0 Å². The lowest BCUT2D eigenvalue weighted by Gasteiger charge is -2.31. The van der Waals surface area contributed by atoms with Crippen molar-refractivity contribution in [2.24, 2.45) is 4.99 Å². The first-order chi connectivity index (χ1) is 19.1. The van der Waals surface area contributed by atoms with Crippen molar-refractivity contribution in [2.45, 2.75) is 18.9 Å². The van der Waals surface area contributed by atoms with Crippen LogP contribution in [0.3, 0.4) is 0 Å². The lowest BCUT2D eigenvalue weighted by Crippen LogP contribution is -2.38. The Hall–Kier alpha value is -4.30. The predicted molar refractivity (Wildman–Crippen MR) is 152 cm³/mol. The molecule has 1 unspecified atom stereocenters. The molecule has 0 radical (unpaired) electrons. The van der Waals surface area contributed by atoms with E-state index in [0.717, 1.165) is 40.8 Å². The summed E-state index contributed by atoms with van der Waals surface area (Å²) in [5.74, 6) is 2.58. The van der Waals surface area contributed by atoms with Crippen LogP contribution in [0.1, 0.15) is 34.7 Å². The van der Waals surface area contributed by atoms with E-state index in [0.29, 0.717) is 32.3 Å². The molecule has 198 valence electrons. The molecule has 0 N–H and O–H groups in total. The number of allylic oxidation sites excluding steroid dienone is 1. The van der Waals surface area contributed by atoms with E-state index in [1.54, 1.807) is 28.4 Å². The van der Waals surface area contributed by atoms with Crippen molar-refractivity contribution in [2.75, 3.05) is 28.4 Å². The smallest absolute Gasteiger partial charge is 0.271 e. The number of hydrogen-bond acceptors (Lipinski definition) is 7. The molecule has 1 aliphatic carbocycles. The second-order valence-corrected chi connectivity index (χ2v) is 10.3. The summed E-state index contributed by atoms with van der Waals surface area (Å²) >= 11 is 1.38. The molecule has 0 saturated carbocycles. The minimum atomic E-state index is -0.315. The molecule has 0 bridgehead atoms. The van der Waals surface area contributed by atoms with Gasteiger partial charge in [-0.25, -0.2) is 4.99 Å². The Balaban J connectivity index is 1.61. The van der Waals surface area contributed by atoms with Crippen LogP contribution < -0.4 is 33.8 Å². The zero-order valence-corrected chi connectivity index (χ0v) is 23.0. The lowest BCUT2D eigenvalue weighted by atomic mass is 9.83. The number of thiazole rings is 1. The molecule has 2 heterocycles. The molecule has 7 nitrogen and oxygen atoms in total. The first-order valence-electron chi connectivity index (χ1n) is 12.6. The van der Waals surface area contributed by atoms with Gasteiger partial charge in [-0.05, 0) is 59.9 Å². The number of methoxy groups -OCH3 is 4. The van der Waals surface area contributed by atoms with Gasteiger partial charge in [0.25, 0.3) is 5.56 Å². The fourth-order valence-electron chi connectivity index (χ4n) is 5.42. The molecule has 0 saturated heterocycles. The summed E-state index contributed by atoms with van der Waals surface area (Å²) in [5, 5.41) is 0. The van der Waals surface area contributed by atoms with Crippen LogP contribution in [0.15, 0.2) is 76.0 Å². The molecule has 1 aliphatic heterocycles. The Morgan fingerprint density at radius 1 is 0.872 bits per heavy atom. The van der Waals surface area contributed by atoms with Gasteiger partial charge in [-0.1, -0.05) is 41.7 Å². The van der Waals surface area contributed by atoms with E-state index < -0.39 is 0 Å². The Morgan fingerprint density at radius 3 is 2.44 bits per heavy atom. The highest BCUT2D eigenvalue weighted by Crippen LogP contribution is 2.42. The van der Waals surface area contributed by atoms with Crippen LogP contribution in [0, 0.1) is 0 Å². The van der Waals surface area contributed by atoms with Crippen LogP contribution in [0.5, 0.6) is 23.0 Å². The Labute approximate surface area is 229 Å². The third kappa shape index (κ3) is 4.21. The van der Waals surface area contributed by atoms with Gasteiger partial charge in [0.1, 0.15) is 11.5 Å². The molecular formula is C31H28N2O5S. The quantitative estimate of drug-likeness (QED) is 0.364. The molecule has 3 aromatic carbocycles. The van der Waals surface area contributed by atoms with Gasteiger partial charge in [-0.15, -0.1) is 0 Å². The normalized spacial score (nSPS) is 16.1. The van der Waals surface area contributed by atoms with Crippen LogP contribution in [0.4, 0.5) is 0 Å². The number of rotatable bonds is 6. The molecule has 1 aromatic heterocycles. The molecule has 8 heteroatoms. The number of ether oxygens (including phenoxy) is 4. The van der Waals surface area contributed by atoms with Crippen molar-refractivity contribution in [3.8, 4) is 23.0 Å². The summed E-state index contributed by atoms with van der Waals surface area (Å²) in [7, 11) is 6.46. The van der Waals surface area contributed by atoms with E-state index in [-0.39, 0.29) is 11.6 Å². The first-order valence-corrected chi connectivity index (χ1v) is 13.4. The Kier molecular flexibility index (Phi) is 6.48. The maximum Gasteiger partial charge on any atom is 0.271 e. The highest BCUT2D eigenvalue weighted by atomic mass is 32.1. The van der Waals surface area contributed by atoms with E-state index in [9.17, 15) is 4.79 Å². The average molecular weight is 541 g/mol. The third-order valence-corrected chi connectivity index (χ3v) is 8.31. The SMILES string of the molecule is COc1ccc(C=c2sc3n(c2=O)C(c2ccc(OC)c(OC)c2)C2=C(N=3)c3ccccc3CC2)c(OC)c1. The Bertz CT molecular complexity index is 1800. The molecular weight excluding hydrogens is 512 g/mol. The van der Waals surface area contributed by atoms with Crippen LogP contribution in [0.25, 0.3) is 11.8 Å². The summed E-state index contributed by atoms with van der Waals surface area (Å²) in [6.07, 6.45) is 3.57. The second-order valence-electron chi connectivity index (χ2n) is 9.34. The molecule has 0 fully saturated rings.